The Bertz CT molecular complexity index is 638. The van der Waals surface area contributed by atoms with Crippen LogP contribution in [0.25, 0.3) is 0 Å². The van der Waals surface area contributed by atoms with Crippen LogP contribution < -0.4 is 4.74 Å². The Labute approximate surface area is 109 Å². The number of fused-ring (bicyclic) bond motifs is 7. The van der Waals surface area contributed by atoms with Crippen molar-refractivity contribution in [2.24, 2.45) is 11.8 Å². The van der Waals surface area contributed by atoms with Crippen LogP contribution in [0.2, 0.25) is 0 Å². The molecule has 1 heterocycles. The fourth-order valence-corrected chi connectivity index (χ4v) is 3.94. The van der Waals surface area contributed by atoms with Crippen LogP contribution >= 0.6 is 0 Å². The number of esters is 1. The molecule has 2 bridgehead atoms. The quantitative estimate of drug-likeness (QED) is 0.253. The first-order valence-corrected chi connectivity index (χ1v) is 6.29. The second-order valence-electron chi connectivity index (χ2n) is 5.38. The second-order valence-corrected chi connectivity index (χ2v) is 5.38. The number of nitrogens with zero attached hydrogens (tertiary/aromatic N) is 1. The minimum absolute atomic E-state index is 0.0596. The van der Waals surface area contributed by atoms with Crippen molar-refractivity contribution in [3.63, 3.8) is 0 Å². The van der Waals surface area contributed by atoms with Crippen LogP contribution in [0.3, 0.4) is 0 Å². The normalized spacial score (nSPS) is 37.7. The van der Waals surface area contributed by atoms with Crippen LogP contribution in [0.4, 0.5) is 0 Å². The molecular formula is C14H11NO4. The number of hydrogen-bond donors (Lipinski definition) is 0. The third kappa shape index (κ3) is 1.04. The summed E-state index contributed by atoms with van der Waals surface area (Å²) in [5.74, 6) is -0.924. The van der Waals surface area contributed by atoms with Crippen LogP contribution in [0.5, 0.6) is 5.75 Å². The van der Waals surface area contributed by atoms with E-state index in [1.807, 2.05) is 18.2 Å². The summed E-state index contributed by atoms with van der Waals surface area (Å²) >= 11 is 0. The van der Waals surface area contributed by atoms with Gasteiger partial charge in [-0.2, -0.15) is 0 Å². The molecule has 0 N–H and O–H groups in total. The maximum absolute atomic E-state index is 12.3. The summed E-state index contributed by atoms with van der Waals surface area (Å²) in [5, 5.41) is 11.6. The number of hydrogen-bond acceptors (Lipinski definition) is 4. The molecule has 0 unspecified atom stereocenters. The van der Waals surface area contributed by atoms with Gasteiger partial charge in [0.25, 0.3) is 0 Å². The molecule has 1 aromatic carbocycles. The predicted octanol–water partition coefficient (Wildman–Crippen LogP) is 1.91. The number of allylic oxidation sites excluding steroid dienone is 1. The molecule has 5 heteroatoms. The third-order valence-corrected chi connectivity index (χ3v) is 4.67. The zero-order valence-electron chi connectivity index (χ0n) is 9.98. The highest BCUT2D eigenvalue weighted by Crippen LogP contribution is 2.60. The summed E-state index contributed by atoms with van der Waals surface area (Å²) in [6.07, 6.45) is 4.47. The van der Waals surface area contributed by atoms with Crippen molar-refractivity contribution < 1.29 is 14.5 Å². The Kier molecular flexibility index (Phi) is 1.82. The van der Waals surface area contributed by atoms with Gasteiger partial charge in [-0.25, -0.2) is 4.79 Å². The van der Waals surface area contributed by atoms with E-state index in [0.29, 0.717) is 12.2 Å². The molecule has 1 aliphatic heterocycles. The molecule has 1 fully saturated rings. The van der Waals surface area contributed by atoms with E-state index in [4.69, 9.17) is 4.74 Å². The molecule has 0 spiro atoms. The monoisotopic (exact) mass is 257 g/mol. The zero-order chi connectivity index (χ0) is 13.2. The number of benzene rings is 1. The minimum Gasteiger partial charge on any atom is -0.421 e. The molecule has 2 aliphatic carbocycles. The van der Waals surface area contributed by atoms with Crippen molar-refractivity contribution in [1.82, 2.24) is 0 Å². The summed E-state index contributed by atoms with van der Waals surface area (Å²) in [4.78, 5) is 23.5. The van der Waals surface area contributed by atoms with Gasteiger partial charge < -0.3 is 4.74 Å². The van der Waals surface area contributed by atoms with Crippen LogP contribution in [-0.2, 0) is 4.79 Å². The maximum atomic E-state index is 12.3. The molecule has 3 aliphatic rings. The molecule has 1 saturated carbocycles. The van der Waals surface area contributed by atoms with E-state index in [1.54, 1.807) is 18.2 Å². The van der Waals surface area contributed by atoms with Gasteiger partial charge in [0.05, 0.1) is 11.8 Å². The molecule has 4 rings (SSSR count). The Morgan fingerprint density at radius 2 is 2.11 bits per heavy atom. The molecule has 5 nitrogen and oxygen atoms in total. The topological polar surface area (TPSA) is 69.4 Å². The lowest BCUT2D eigenvalue weighted by Crippen LogP contribution is -2.58. The number of carbonyl (C=O) groups excluding carboxylic acids is 1. The average Bonchev–Trinajstić information content (AvgIpc) is 2.98. The van der Waals surface area contributed by atoms with Crippen molar-refractivity contribution in [2.45, 2.75) is 17.9 Å². The lowest BCUT2D eigenvalue weighted by atomic mass is 9.71. The van der Waals surface area contributed by atoms with Crippen LogP contribution in [0.1, 0.15) is 17.9 Å². The van der Waals surface area contributed by atoms with Gasteiger partial charge >= 0.3 is 11.5 Å². The average molecular weight is 257 g/mol. The molecule has 0 radical (unpaired) electrons. The van der Waals surface area contributed by atoms with E-state index in [0.717, 1.165) is 5.56 Å². The van der Waals surface area contributed by atoms with E-state index < -0.39 is 22.3 Å². The smallest absolute Gasteiger partial charge is 0.391 e. The molecule has 0 aromatic heterocycles. The fourth-order valence-electron chi connectivity index (χ4n) is 3.94. The van der Waals surface area contributed by atoms with Gasteiger partial charge in [0.2, 0.25) is 0 Å². The number of ether oxygens (including phenoxy) is 1. The van der Waals surface area contributed by atoms with Crippen LogP contribution in [-0.4, -0.2) is 16.4 Å². The number of rotatable bonds is 1. The number of nitro groups is 1. The number of para-hydroxylation sites is 1. The maximum Gasteiger partial charge on any atom is 0.391 e. The second kappa shape index (κ2) is 3.23. The van der Waals surface area contributed by atoms with Crippen molar-refractivity contribution in [2.75, 3.05) is 0 Å². The molecule has 4 atom stereocenters. The van der Waals surface area contributed by atoms with Crippen molar-refractivity contribution in [3.8, 4) is 5.75 Å². The summed E-state index contributed by atoms with van der Waals surface area (Å²) < 4.78 is 5.25. The lowest BCUT2D eigenvalue weighted by Gasteiger charge is -2.36. The van der Waals surface area contributed by atoms with Gasteiger partial charge in [0.15, 0.2) is 0 Å². The first-order valence-electron chi connectivity index (χ1n) is 6.29. The van der Waals surface area contributed by atoms with E-state index in [1.165, 1.54) is 0 Å². The molecule has 1 aromatic rings. The SMILES string of the molecule is O=C1Oc2ccccc2[C@H]2[C@@H]3C=C[C@@H](C3)[C@@]12[N+](=O)[O-]. The van der Waals surface area contributed by atoms with Crippen LogP contribution in [0.15, 0.2) is 36.4 Å². The zero-order valence-corrected chi connectivity index (χ0v) is 9.98. The summed E-state index contributed by atoms with van der Waals surface area (Å²) in [5.41, 5.74) is -0.830. The highest BCUT2D eigenvalue weighted by molar-refractivity contribution is 5.87. The van der Waals surface area contributed by atoms with Gasteiger partial charge in [-0.3, -0.25) is 10.1 Å². The van der Waals surface area contributed by atoms with E-state index in [-0.39, 0.29) is 11.8 Å². The van der Waals surface area contributed by atoms with Crippen LogP contribution in [0, 0.1) is 22.0 Å². The van der Waals surface area contributed by atoms with Gasteiger partial charge in [-0.15, -0.1) is 0 Å². The molecule has 0 amide bonds. The minimum atomic E-state index is -1.62. The molecule has 96 valence electrons. The standard InChI is InChI=1S/C14H11NO4/c16-13-14(15(17)18)9-6-5-8(7-9)12(14)10-3-1-2-4-11(10)19-13/h1-6,8-9,12H,7H2/t8-,9+,12-,14+/m1/s1. The van der Waals surface area contributed by atoms with Crippen molar-refractivity contribution in [3.05, 3.63) is 52.1 Å². The largest absolute Gasteiger partial charge is 0.421 e. The van der Waals surface area contributed by atoms with Gasteiger partial charge in [-0.05, 0) is 18.4 Å². The van der Waals surface area contributed by atoms with E-state index in [2.05, 4.69) is 0 Å². The van der Waals surface area contributed by atoms with Crippen molar-refractivity contribution >= 4 is 5.97 Å². The Balaban J connectivity index is 2.01. The van der Waals surface area contributed by atoms with Gasteiger partial charge in [-0.1, -0.05) is 30.4 Å². The molecule has 0 saturated heterocycles. The predicted molar refractivity (Wildman–Crippen MR) is 65.3 cm³/mol. The van der Waals surface area contributed by atoms with Gasteiger partial charge in [0.1, 0.15) is 5.75 Å². The molecular weight excluding hydrogens is 246 g/mol. The highest BCUT2D eigenvalue weighted by atomic mass is 16.6. The first kappa shape index (κ1) is 10.7. The Hall–Kier alpha value is -2.17. The number of carbonyl (C=O) groups is 1. The van der Waals surface area contributed by atoms with Crippen molar-refractivity contribution in [1.29, 1.82) is 0 Å². The first-order chi connectivity index (χ1) is 9.15. The van der Waals surface area contributed by atoms with E-state index in [9.17, 15) is 14.9 Å². The Morgan fingerprint density at radius 3 is 2.89 bits per heavy atom. The Morgan fingerprint density at radius 1 is 1.32 bits per heavy atom. The summed E-state index contributed by atoms with van der Waals surface area (Å²) in [6, 6.07) is 7.14. The highest BCUT2D eigenvalue weighted by Gasteiger charge is 2.73. The lowest BCUT2D eigenvalue weighted by molar-refractivity contribution is -0.564. The van der Waals surface area contributed by atoms with E-state index >= 15 is 0 Å². The third-order valence-electron chi connectivity index (χ3n) is 4.67. The summed E-state index contributed by atoms with van der Waals surface area (Å²) in [7, 11) is 0. The molecule has 19 heavy (non-hydrogen) atoms. The summed E-state index contributed by atoms with van der Waals surface area (Å²) in [6.45, 7) is 0. The fraction of sp³-hybridized carbons (Fsp3) is 0.357. The van der Waals surface area contributed by atoms with Gasteiger partial charge in [0, 0.05) is 10.5 Å².